The minimum atomic E-state index is -1.67. The van der Waals surface area contributed by atoms with Gasteiger partial charge in [0.2, 0.25) is 41.4 Å². The number of rotatable bonds is 35. The molecule has 14 N–H and O–H groups in total. The molecule has 0 spiro atoms. The Morgan fingerprint density at radius 3 is 1.35 bits per heavy atom. The number of ether oxygens (including phenoxy) is 2. The zero-order valence-corrected chi connectivity index (χ0v) is 49.7. The highest BCUT2D eigenvalue weighted by molar-refractivity contribution is 6.01. The number of hydrogen-bond acceptors (Lipinski definition) is 14. The highest BCUT2D eigenvalue weighted by Crippen LogP contribution is 2.30. The summed E-state index contributed by atoms with van der Waals surface area (Å²) in [6.07, 6.45) is 4.06. The molecule has 0 radical (unpaired) electrons. The molecule has 26 nitrogen and oxygen atoms in total. The molecule has 5 unspecified atom stereocenters. The molecule has 0 heterocycles. The van der Waals surface area contributed by atoms with Crippen LogP contribution in [0.4, 0.5) is 21.0 Å². The maximum Gasteiger partial charge on any atom is 0.312 e. The first-order chi connectivity index (χ1) is 40.9. The molecule has 1 saturated carbocycles. The lowest BCUT2D eigenvalue weighted by Gasteiger charge is -2.28. The standard InChI is InChI=1S/C60H84N12O14/c1-35(2)51(57(81)69-46(13-8-29-64-59(61)83)54(78)66-44-24-18-41(19-25-44)33-85-37(5)73)71-50(76)32-48(68-49(75)15-10-28-63-53(77)43-22-16-40(17-23-43)31-39-11-7-12-39)56(80)72-52(36(3)4)58(82)70-47(14-9-30-65-60(62)84)55(79)67-45-26-20-42(21-27-45)34-86-38(6)74/h16-27,35-36,39,46-48,51-52H,7-15,28-34H2,1-6H3,(H,63,77)(H,66,78)(H,67,79)(H,68,75)(H,69,81)(H,70,82)(H,71,76)(H,72,80)(H3,61,64,83)(H3,62,65,84). The van der Waals surface area contributed by atoms with Crippen molar-refractivity contribution in [1.82, 2.24) is 42.5 Å². The second-order valence-corrected chi connectivity index (χ2v) is 21.8. The number of amides is 12. The number of benzene rings is 3. The Labute approximate surface area is 500 Å². The molecule has 1 aliphatic rings. The van der Waals surface area contributed by atoms with Gasteiger partial charge in [0.05, 0.1) is 6.42 Å². The summed E-state index contributed by atoms with van der Waals surface area (Å²) < 4.78 is 10.1. The van der Waals surface area contributed by atoms with Gasteiger partial charge in [-0.2, -0.15) is 0 Å². The number of urea groups is 2. The van der Waals surface area contributed by atoms with E-state index in [1.54, 1.807) is 88.4 Å². The lowest BCUT2D eigenvalue weighted by Crippen LogP contribution is -2.59. The molecule has 12 amide bonds. The topological polar surface area (TPSA) is 396 Å². The van der Waals surface area contributed by atoms with Crippen molar-refractivity contribution >= 4 is 82.6 Å². The van der Waals surface area contributed by atoms with Crippen molar-refractivity contribution in [1.29, 1.82) is 0 Å². The lowest BCUT2D eigenvalue weighted by atomic mass is 9.81. The fourth-order valence-electron chi connectivity index (χ4n) is 8.89. The van der Waals surface area contributed by atoms with Crippen LogP contribution in [0.15, 0.2) is 72.8 Å². The van der Waals surface area contributed by atoms with Crippen molar-refractivity contribution in [3.8, 4) is 0 Å². The fourth-order valence-corrected chi connectivity index (χ4v) is 8.89. The molecule has 86 heavy (non-hydrogen) atoms. The second-order valence-electron chi connectivity index (χ2n) is 21.8. The highest BCUT2D eigenvalue weighted by atomic mass is 16.5. The maximum atomic E-state index is 14.5. The number of carbonyl (C=O) groups excluding carboxylic acids is 12. The van der Waals surface area contributed by atoms with Gasteiger partial charge in [-0.3, -0.25) is 47.9 Å². The summed E-state index contributed by atoms with van der Waals surface area (Å²) in [5.74, 6) is -7.40. The molecule has 5 atom stereocenters. The van der Waals surface area contributed by atoms with Crippen molar-refractivity contribution in [2.75, 3.05) is 30.3 Å². The van der Waals surface area contributed by atoms with Gasteiger partial charge >= 0.3 is 24.0 Å². The van der Waals surface area contributed by atoms with E-state index in [1.165, 1.54) is 33.1 Å². The Bertz CT molecular complexity index is 2810. The third-order valence-corrected chi connectivity index (χ3v) is 13.9. The van der Waals surface area contributed by atoms with E-state index in [-0.39, 0.29) is 77.3 Å². The number of esters is 2. The molecule has 0 bridgehead atoms. The molecule has 0 aliphatic heterocycles. The van der Waals surface area contributed by atoms with Crippen molar-refractivity contribution in [3.63, 3.8) is 0 Å². The summed E-state index contributed by atoms with van der Waals surface area (Å²) in [6.45, 7) is 9.22. The number of nitrogens with two attached hydrogens (primary N) is 2. The van der Waals surface area contributed by atoms with Gasteiger partial charge in [0, 0.05) is 56.8 Å². The van der Waals surface area contributed by atoms with Crippen LogP contribution in [0.2, 0.25) is 0 Å². The predicted molar refractivity (Wildman–Crippen MR) is 318 cm³/mol. The van der Waals surface area contributed by atoms with Gasteiger partial charge in [-0.05, 0) is 109 Å². The lowest BCUT2D eigenvalue weighted by molar-refractivity contribution is -0.143. The van der Waals surface area contributed by atoms with Crippen molar-refractivity contribution in [2.24, 2.45) is 29.2 Å². The van der Waals surface area contributed by atoms with Gasteiger partial charge < -0.3 is 74.1 Å². The van der Waals surface area contributed by atoms with E-state index in [2.05, 4.69) is 53.2 Å². The Hall–Kier alpha value is -9.10. The second kappa shape index (κ2) is 35.9. The fraction of sp³-hybridized carbons (Fsp3) is 0.500. The monoisotopic (exact) mass is 1200 g/mol. The summed E-state index contributed by atoms with van der Waals surface area (Å²) in [7, 11) is 0. The molecule has 1 fully saturated rings. The van der Waals surface area contributed by atoms with Crippen LogP contribution < -0.4 is 64.6 Å². The Morgan fingerprint density at radius 2 is 0.930 bits per heavy atom. The maximum absolute atomic E-state index is 14.5. The van der Waals surface area contributed by atoms with Crippen LogP contribution in [0.3, 0.4) is 0 Å². The Kier molecular flexibility index (Phi) is 29.0. The average molecular weight is 1200 g/mol. The van der Waals surface area contributed by atoms with Gasteiger partial charge in [-0.25, -0.2) is 9.59 Å². The van der Waals surface area contributed by atoms with E-state index in [9.17, 15) is 57.5 Å². The molecule has 0 aromatic heterocycles. The average Bonchev–Trinajstić information content (AvgIpc) is 3.23. The van der Waals surface area contributed by atoms with Crippen molar-refractivity contribution < 1.29 is 67.0 Å². The first-order valence-corrected chi connectivity index (χ1v) is 28.9. The quantitative estimate of drug-likeness (QED) is 0.0298. The number of primary amides is 2. The number of hydrogen-bond donors (Lipinski definition) is 12. The molecule has 3 aromatic rings. The molecule has 0 saturated heterocycles. The summed E-state index contributed by atoms with van der Waals surface area (Å²) in [4.78, 5) is 157. The van der Waals surface area contributed by atoms with Gasteiger partial charge in [-0.1, -0.05) is 83.4 Å². The van der Waals surface area contributed by atoms with E-state index in [1.807, 2.05) is 12.1 Å². The SMILES string of the molecule is CC(=O)OCc1ccc(NC(=O)C(CCCNC(N)=O)NC(=O)C(NC(=O)CC(NC(=O)CCCNC(=O)c2ccc(CC3CCC3)cc2)C(=O)NC(C(=O)NC(CCCNC(N)=O)C(=O)Nc2ccc(COC(C)=O)cc2)C(C)C)C(C)C)cc1. The third kappa shape index (κ3) is 25.8. The largest absolute Gasteiger partial charge is 0.461 e. The predicted octanol–water partition coefficient (Wildman–Crippen LogP) is 2.97. The van der Waals surface area contributed by atoms with Gasteiger partial charge in [0.1, 0.15) is 43.4 Å². The van der Waals surface area contributed by atoms with Crippen molar-refractivity contribution in [2.45, 2.75) is 156 Å². The molecule has 4 rings (SSSR count). The minimum Gasteiger partial charge on any atom is -0.461 e. The summed E-state index contributed by atoms with van der Waals surface area (Å²) >= 11 is 0. The highest BCUT2D eigenvalue weighted by Gasteiger charge is 2.35. The summed E-state index contributed by atoms with van der Waals surface area (Å²) in [5.41, 5.74) is 14.0. The Balaban J connectivity index is 1.53. The zero-order chi connectivity index (χ0) is 63.3. The van der Waals surface area contributed by atoms with E-state index in [0.717, 1.165) is 12.0 Å². The van der Waals surface area contributed by atoms with E-state index < -0.39 is 114 Å². The first-order valence-electron chi connectivity index (χ1n) is 28.9. The third-order valence-electron chi connectivity index (χ3n) is 13.9. The van der Waals surface area contributed by atoms with Gasteiger partial charge in [0.15, 0.2) is 0 Å². The van der Waals surface area contributed by atoms with Crippen molar-refractivity contribution in [3.05, 3.63) is 95.1 Å². The van der Waals surface area contributed by atoms with E-state index >= 15 is 0 Å². The van der Waals surface area contributed by atoms with Crippen LogP contribution in [0.5, 0.6) is 0 Å². The van der Waals surface area contributed by atoms with Crippen LogP contribution in [-0.4, -0.2) is 121 Å². The minimum absolute atomic E-state index is 0.00205. The van der Waals surface area contributed by atoms with E-state index in [4.69, 9.17) is 20.9 Å². The molecule has 468 valence electrons. The number of carbonyl (C=O) groups is 12. The number of nitrogens with one attached hydrogen (secondary N) is 10. The summed E-state index contributed by atoms with van der Waals surface area (Å²) in [6, 6.07) is 11.7. The molecule has 3 aromatic carbocycles. The first kappa shape index (κ1) is 69.4. The van der Waals surface area contributed by atoms with Crippen LogP contribution in [0.1, 0.15) is 133 Å². The van der Waals surface area contributed by atoms with Crippen LogP contribution in [0, 0.1) is 17.8 Å². The number of anilines is 2. The van der Waals surface area contributed by atoms with Crippen LogP contribution in [-0.2, 0) is 72.3 Å². The molecule has 26 heteroatoms. The summed E-state index contributed by atoms with van der Waals surface area (Å²) in [5, 5.41) is 26.3. The smallest absolute Gasteiger partial charge is 0.312 e. The van der Waals surface area contributed by atoms with Gasteiger partial charge in [0.25, 0.3) is 5.91 Å². The molecular weight excluding hydrogens is 1110 g/mol. The zero-order valence-electron chi connectivity index (χ0n) is 49.7. The Morgan fingerprint density at radius 1 is 0.488 bits per heavy atom. The molecule has 1 aliphatic carbocycles. The van der Waals surface area contributed by atoms with Crippen LogP contribution >= 0.6 is 0 Å². The van der Waals surface area contributed by atoms with Crippen LogP contribution in [0.25, 0.3) is 0 Å². The van der Waals surface area contributed by atoms with E-state index in [0.29, 0.717) is 34.0 Å². The normalized spacial score (nSPS) is 13.6. The molecular formula is C60H84N12O14. The van der Waals surface area contributed by atoms with Gasteiger partial charge in [-0.15, -0.1) is 0 Å².